The van der Waals surface area contributed by atoms with Crippen molar-refractivity contribution < 1.29 is 4.74 Å². The third-order valence-corrected chi connectivity index (χ3v) is 3.00. The van der Waals surface area contributed by atoms with Crippen LogP contribution in [0.1, 0.15) is 0 Å². The molecule has 0 aliphatic carbocycles. The molecule has 0 unspecified atom stereocenters. The van der Waals surface area contributed by atoms with E-state index in [0.29, 0.717) is 6.10 Å². The SMILES string of the molecule is COC1CN(c2ncnc3ccccc23)C1. The van der Waals surface area contributed by atoms with E-state index >= 15 is 0 Å². The fourth-order valence-electron chi connectivity index (χ4n) is 2.00. The van der Waals surface area contributed by atoms with Crippen LogP contribution >= 0.6 is 0 Å². The molecular weight excluding hydrogens is 202 g/mol. The lowest BCUT2D eigenvalue weighted by Gasteiger charge is -2.39. The van der Waals surface area contributed by atoms with E-state index in [4.69, 9.17) is 4.74 Å². The summed E-state index contributed by atoms with van der Waals surface area (Å²) < 4.78 is 5.26. The van der Waals surface area contributed by atoms with E-state index in [1.807, 2.05) is 18.2 Å². The molecule has 4 heteroatoms. The van der Waals surface area contributed by atoms with Gasteiger partial charge in [-0.2, -0.15) is 0 Å². The summed E-state index contributed by atoms with van der Waals surface area (Å²) in [7, 11) is 1.75. The maximum Gasteiger partial charge on any atom is 0.140 e. The molecule has 0 saturated carbocycles. The minimum atomic E-state index is 0.341. The Morgan fingerprint density at radius 2 is 2.06 bits per heavy atom. The van der Waals surface area contributed by atoms with Gasteiger partial charge in [0, 0.05) is 25.6 Å². The van der Waals surface area contributed by atoms with Gasteiger partial charge >= 0.3 is 0 Å². The summed E-state index contributed by atoms with van der Waals surface area (Å²) in [6.07, 6.45) is 1.96. The van der Waals surface area contributed by atoms with Crippen molar-refractivity contribution in [3.8, 4) is 0 Å². The van der Waals surface area contributed by atoms with Gasteiger partial charge in [0.05, 0.1) is 11.6 Å². The lowest BCUT2D eigenvalue weighted by Crippen LogP contribution is -2.52. The summed E-state index contributed by atoms with van der Waals surface area (Å²) >= 11 is 0. The number of hydrogen-bond donors (Lipinski definition) is 0. The highest BCUT2D eigenvalue weighted by Crippen LogP contribution is 2.26. The largest absolute Gasteiger partial charge is 0.378 e. The van der Waals surface area contributed by atoms with Crippen LogP contribution in [0.2, 0.25) is 0 Å². The molecule has 1 aromatic carbocycles. The van der Waals surface area contributed by atoms with Crippen molar-refractivity contribution in [2.24, 2.45) is 0 Å². The van der Waals surface area contributed by atoms with Crippen LogP contribution in [0.15, 0.2) is 30.6 Å². The van der Waals surface area contributed by atoms with Crippen LogP contribution in [0.5, 0.6) is 0 Å². The Morgan fingerprint density at radius 1 is 1.25 bits per heavy atom. The Hall–Kier alpha value is -1.68. The van der Waals surface area contributed by atoms with E-state index in [1.54, 1.807) is 13.4 Å². The first-order valence-corrected chi connectivity index (χ1v) is 5.36. The minimum Gasteiger partial charge on any atom is -0.378 e. The molecule has 0 N–H and O–H groups in total. The Balaban J connectivity index is 1.98. The lowest BCUT2D eigenvalue weighted by atomic mass is 10.1. The number of anilines is 1. The van der Waals surface area contributed by atoms with Gasteiger partial charge in [0.1, 0.15) is 12.1 Å². The number of benzene rings is 1. The summed E-state index contributed by atoms with van der Waals surface area (Å²) in [5.74, 6) is 1.01. The van der Waals surface area contributed by atoms with Crippen molar-refractivity contribution in [1.82, 2.24) is 9.97 Å². The Kier molecular flexibility index (Phi) is 2.22. The zero-order chi connectivity index (χ0) is 11.0. The second-order valence-electron chi connectivity index (χ2n) is 3.98. The second kappa shape index (κ2) is 3.72. The molecule has 2 aromatic rings. The molecule has 3 rings (SSSR count). The van der Waals surface area contributed by atoms with Crippen LogP contribution in [-0.4, -0.2) is 36.3 Å². The second-order valence-corrected chi connectivity index (χ2v) is 3.98. The van der Waals surface area contributed by atoms with E-state index < -0.39 is 0 Å². The van der Waals surface area contributed by atoms with Gasteiger partial charge in [-0.1, -0.05) is 12.1 Å². The van der Waals surface area contributed by atoms with Crippen molar-refractivity contribution in [1.29, 1.82) is 0 Å². The molecular formula is C12H13N3O. The fourth-order valence-corrected chi connectivity index (χ4v) is 2.00. The highest BCUT2D eigenvalue weighted by atomic mass is 16.5. The van der Waals surface area contributed by atoms with Gasteiger partial charge < -0.3 is 9.64 Å². The molecule has 0 atom stereocenters. The Labute approximate surface area is 93.9 Å². The number of rotatable bonds is 2. The number of ether oxygens (including phenoxy) is 1. The van der Waals surface area contributed by atoms with E-state index in [2.05, 4.69) is 20.9 Å². The summed E-state index contributed by atoms with van der Waals surface area (Å²) in [5, 5.41) is 1.11. The van der Waals surface area contributed by atoms with Crippen LogP contribution < -0.4 is 4.90 Å². The Bertz CT molecular complexity index is 503. The van der Waals surface area contributed by atoms with Crippen molar-refractivity contribution >= 4 is 16.7 Å². The van der Waals surface area contributed by atoms with Gasteiger partial charge in [0.2, 0.25) is 0 Å². The number of para-hydroxylation sites is 1. The van der Waals surface area contributed by atoms with Gasteiger partial charge in [0.25, 0.3) is 0 Å². The van der Waals surface area contributed by atoms with Crippen LogP contribution in [0.25, 0.3) is 10.9 Å². The van der Waals surface area contributed by atoms with Crippen molar-refractivity contribution in [2.45, 2.75) is 6.10 Å². The molecule has 0 spiro atoms. The summed E-state index contributed by atoms with van der Waals surface area (Å²) in [5.41, 5.74) is 0.994. The Morgan fingerprint density at radius 3 is 2.88 bits per heavy atom. The number of nitrogens with zero attached hydrogens (tertiary/aromatic N) is 3. The molecule has 2 heterocycles. The predicted octanol–water partition coefficient (Wildman–Crippen LogP) is 1.46. The highest BCUT2D eigenvalue weighted by molar-refractivity contribution is 5.89. The minimum absolute atomic E-state index is 0.341. The normalized spacial score (nSPS) is 16.4. The topological polar surface area (TPSA) is 38.2 Å². The van der Waals surface area contributed by atoms with Crippen LogP contribution in [0, 0.1) is 0 Å². The van der Waals surface area contributed by atoms with Gasteiger partial charge in [-0.15, -0.1) is 0 Å². The molecule has 16 heavy (non-hydrogen) atoms. The summed E-state index contributed by atoms with van der Waals surface area (Å²) in [4.78, 5) is 10.8. The van der Waals surface area contributed by atoms with E-state index in [9.17, 15) is 0 Å². The standard InChI is InChI=1S/C12H13N3O/c1-16-9-6-15(7-9)12-10-4-2-3-5-11(10)13-8-14-12/h2-5,8-9H,6-7H2,1H3. The van der Waals surface area contributed by atoms with Crippen LogP contribution in [0.4, 0.5) is 5.82 Å². The third kappa shape index (κ3) is 1.42. The van der Waals surface area contributed by atoms with E-state index in [0.717, 1.165) is 29.8 Å². The van der Waals surface area contributed by atoms with Gasteiger partial charge in [-0.05, 0) is 12.1 Å². The molecule has 0 amide bonds. The lowest BCUT2D eigenvalue weighted by molar-refractivity contribution is 0.0785. The zero-order valence-electron chi connectivity index (χ0n) is 9.13. The van der Waals surface area contributed by atoms with Crippen molar-refractivity contribution in [2.75, 3.05) is 25.1 Å². The number of aromatic nitrogens is 2. The van der Waals surface area contributed by atoms with Gasteiger partial charge in [-0.3, -0.25) is 0 Å². The first-order chi connectivity index (χ1) is 7.88. The van der Waals surface area contributed by atoms with Crippen molar-refractivity contribution in [3.63, 3.8) is 0 Å². The van der Waals surface area contributed by atoms with Gasteiger partial charge in [0.15, 0.2) is 0 Å². The summed E-state index contributed by atoms with van der Waals surface area (Å²) in [6.45, 7) is 1.83. The van der Waals surface area contributed by atoms with Crippen LogP contribution in [-0.2, 0) is 4.74 Å². The van der Waals surface area contributed by atoms with Crippen LogP contribution in [0.3, 0.4) is 0 Å². The molecule has 1 aliphatic rings. The molecule has 1 fully saturated rings. The maximum absolute atomic E-state index is 5.26. The average molecular weight is 215 g/mol. The molecule has 1 saturated heterocycles. The predicted molar refractivity (Wildman–Crippen MR) is 62.5 cm³/mol. The quantitative estimate of drug-likeness (QED) is 0.760. The van der Waals surface area contributed by atoms with E-state index in [-0.39, 0.29) is 0 Å². The zero-order valence-corrected chi connectivity index (χ0v) is 9.13. The smallest absolute Gasteiger partial charge is 0.140 e. The third-order valence-electron chi connectivity index (χ3n) is 3.00. The number of fused-ring (bicyclic) bond motifs is 1. The monoisotopic (exact) mass is 215 g/mol. The highest BCUT2D eigenvalue weighted by Gasteiger charge is 2.28. The maximum atomic E-state index is 5.26. The fraction of sp³-hybridized carbons (Fsp3) is 0.333. The van der Waals surface area contributed by atoms with E-state index in [1.165, 1.54) is 0 Å². The number of methoxy groups -OCH3 is 1. The molecule has 4 nitrogen and oxygen atoms in total. The first-order valence-electron chi connectivity index (χ1n) is 5.36. The molecule has 0 radical (unpaired) electrons. The van der Waals surface area contributed by atoms with Crippen molar-refractivity contribution in [3.05, 3.63) is 30.6 Å². The first kappa shape index (κ1) is 9.54. The molecule has 1 aliphatic heterocycles. The average Bonchev–Trinajstić information content (AvgIpc) is 2.28. The molecule has 1 aromatic heterocycles. The number of hydrogen-bond acceptors (Lipinski definition) is 4. The van der Waals surface area contributed by atoms with Gasteiger partial charge in [-0.25, -0.2) is 9.97 Å². The summed E-state index contributed by atoms with van der Waals surface area (Å²) in [6, 6.07) is 8.08. The molecule has 82 valence electrons. The molecule has 0 bridgehead atoms.